The number of aryl methyl sites for hydroxylation is 1. The Kier molecular flexibility index (Phi) is 8.41. The van der Waals surface area contributed by atoms with E-state index in [0.717, 1.165) is 56.6 Å². The number of ether oxygens (including phenoxy) is 1. The average molecular weight is 546 g/mol. The fourth-order valence-corrected chi connectivity index (χ4v) is 5.29. The number of aliphatic imine (C=N–C) groups is 1. The van der Waals surface area contributed by atoms with Crippen LogP contribution in [0.5, 0.6) is 0 Å². The van der Waals surface area contributed by atoms with Gasteiger partial charge >= 0.3 is 0 Å². The minimum atomic E-state index is -0.365. The van der Waals surface area contributed by atoms with Crippen molar-refractivity contribution in [2.45, 2.75) is 39.8 Å². The van der Waals surface area contributed by atoms with Gasteiger partial charge in [-0.25, -0.2) is 15.0 Å². The van der Waals surface area contributed by atoms with Crippen molar-refractivity contribution in [1.29, 1.82) is 0 Å². The van der Waals surface area contributed by atoms with Crippen molar-refractivity contribution in [3.63, 3.8) is 0 Å². The summed E-state index contributed by atoms with van der Waals surface area (Å²) in [5.41, 5.74) is 10.3. The number of nitrogens with two attached hydrogens (primary N) is 1. The van der Waals surface area contributed by atoms with Gasteiger partial charge in [0, 0.05) is 58.2 Å². The number of carbonyl (C=O) groups excluding carboxylic acids is 1. The number of carbonyl (C=O) groups is 1. The molecule has 0 saturated carbocycles. The highest BCUT2D eigenvalue weighted by Gasteiger charge is 2.22. The summed E-state index contributed by atoms with van der Waals surface area (Å²) in [6.45, 7) is 10.4. The van der Waals surface area contributed by atoms with Crippen molar-refractivity contribution >= 4 is 34.4 Å². The van der Waals surface area contributed by atoms with Gasteiger partial charge in [-0.15, -0.1) is 0 Å². The smallest absolute Gasteiger partial charge is 0.276 e. The molecule has 0 spiro atoms. The second-order valence-electron chi connectivity index (χ2n) is 10.8. The van der Waals surface area contributed by atoms with Crippen LogP contribution in [0.2, 0.25) is 0 Å². The lowest BCUT2D eigenvalue weighted by molar-refractivity contribution is 0.102. The maximum atomic E-state index is 13.5. The molecule has 11 nitrogen and oxygen atoms in total. The van der Waals surface area contributed by atoms with Gasteiger partial charge in [0.25, 0.3) is 5.91 Å². The van der Waals surface area contributed by atoms with E-state index in [1.807, 2.05) is 6.92 Å². The largest absolute Gasteiger partial charge is 0.477 e. The van der Waals surface area contributed by atoms with Crippen LogP contribution < -0.4 is 11.1 Å². The van der Waals surface area contributed by atoms with Gasteiger partial charge in [0.05, 0.1) is 23.2 Å². The van der Waals surface area contributed by atoms with E-state index < -0.39 is 0 Å². The predicted molar refractivity (Wildman–Crippen MR) is 157 cm³/mol. The maximum absolute atomic E-state index is 13.5. The Morgan fingerprint density at radius 2 is 1.98 bits per heavy atom. The summed E-state index contributed by atoms with van der Waals surface area (Å²) in [5.74, 6) is 1.11. The fraction of sp³-hybridized carbons (Fsp3) is 0.483. The van der Waals surface area contributed by atoms with Crippen LogP contribution in [0.25, 0.3) is 16.6 Å². The van der Waals surface area contributed by atoms with Gasteiger partial charge in [0.2, 0.25) is 11.8 Å². The first kappa shape index (κ1) is 27.7. The first-order valence-electron chi connectivity index (χ1n) is 13.9. The number of nitrogens with zero attached hydrogens (tertiary/aromatic N) is 7. The zero-order valence-electron chi connectivity index (χ0n) is 23.9. The van der Waals surface area contributed by atoms with Crippen molar-refractivity contribution < 1.29 is 9.53 Å². The maximum Gasteiger partial charge on any atom is 0.276 e. The third-order valence-corrected chi connectivity index (χ3v) is 7.54. The second kappa shape index (κ2) is 12.1. The Balaban J connectivity index is 1.51. The quantitative estimate of drug-likeness (QED) is 0.503. The Labute approximate surface area is 235 Å². The van der Waals surface area contributed by atoms with Crippen LogP contribution >= 0.6 is 0 Å². The fourth-order valence-electron chi connectivity index (χ4n) is 5.29. The SMILES string of the molecule is CN=C1OCCC[C@@H](C)Cn2c(nc3ccc(CN4CCN(C)CC4)cc32)NC(=O)c2cc(C)nc(n2)C1=CN. The molecule has 40 heavy (non-hydrogen) atoms. The van der Waals surface area contributed by atoms with E-state index in [9.17, 15) is 4.79 Å². The Bertz CT molecular complexity index is 1440. The van der Waals surface area contributed by atoms with E-state index in [1.165, 1.54) is 11.8 Å². The predicted octanol–water partition coefficient (Wildman–Crippen LogP) is 2.91. The molecule has 5 rings (SSSR count). The number of likely N-dealkylation sites (N-methyl/N-ethyl adjacent to an activating group) is 1. The van der Waals surface area contributed by atoms with Crippen LogP contribution in [0.3, 0.4) is 0 Å². The molecule has 2 aliphatic rings. The number of hydrogen-bond donors (Lipinski definition) is 2. The lowest BCUT2D eigenvalue weighted by atomic mass is 10.1. The Hall–Kier alpha value is -3.83. The molecule has 1 saturated heterocycles. The number of imidazole rings is 1. The summed E-state index contributed by atoms with van der Waals surface area (Å²) in [6.07, 6.45) is 3.13. The molecule has 2 aliphatic heterocycles. The average Bonchev–Trinajstić information content (AvgIpc) is 3.26. The lowest BCUT2D eigenvalue weighted by Gasteiger charge is -2.32. The van der Waals surface area contributed by atoms with Crippen molar-refractivity contribution in [3.05, 3.63) is 53.2 Å². The minimum absolute atomic E-state index is 0.217. The topological polar surface area (TPSA) is 127 Å². The number of benzene rings is 1. The van der Waals surface area contributed by atoms with Gasteiger partial charge in [-0.3, -0.25) is 20.0 Å². The molecule has 3 aromatic rings. The number of rotatable bonds is 2. The summed E-state index contributed by atoms with van der Waals surface area (Å²) in [5, 5.41) is 3.03. The Morgan fingerprint density at radius 1 is 1.18 bits per heavy atom. The van der Waals surface area contributed by atoms with Crippen molar-refractivity contribution in [2.75, 3.05) is 52.2 Å². The summed E-state index contributed by atoms with van der Waals surface area (Å²) in [4.78, 5) is 36.5. The molecule has 212 valence electrons. The van der Waals surface area contributed by atoms with Crippen molar-refractivity contribution in [1.82, 2.24) is 29.3 Å². The first-order valence-corrected chi connectivity index (χ1v) is 13.9. The molecule has 1 amide bonds. The number of aromatic nitrogens is 4. The van der Waals surface area contributed by atoms with E-state index in [-0.39, 0.29) is 11.6 Å². The highest BCUT2D eigenvalue weighted by molar-refractivity contribution is 6.18. The normalized spacial score (nSPS) is 22.0. The van der Waals surface area contributed by atoms with Gasteiger partial charge in [-0.2, -0.15) is 0 Å². The molecule has 2 aromatic heterocycles. The minimum Gasteiger partial charge on any atom is -0.477 e. The number of hydrogen-bond acceptors (Lipinski definition) is 9. The van der Waals surface area contributed by atoms with Gasteiger partial charge in [0.15, 0.2) is 5.82 Å². The molecular formula is C29H39N9O2. The molecule has 1 fully saturated rings. The third-order valence-electron chi connectivity index (χ3n) is 7.54. The number of amides is 1. The summed E-state index contributed by atoms with van der Waals surface area (Å²) in [6, 6.07) is 8.07. The molecule has 3 N–H and O–H groups in total. The molecular weight excluding hydrogens is 506 g/mol. The van der Waals surface area contributed by atoms with Crippen molar-refractivity contribution in [3.8, 4) is 0 Å². The van der Waals surface area contributed by atoms with Gasteiger partial charge in [0.1, 0.15) is 5.69 Å². The zero-order chi connectivity index (χ0) is 28.2. The van der Waals surface area contributed by atoms with Crippen LogP contribution in [0.1, 0.15) is 47.3 Å². The molecule has 1 atom stereocenters. The lowest BCUT2D eigenvalue weighted by Crippen LogP contribution is -2.43. The molecule has 11 heteroatoms. The van der Waals surface area contributed by atoms with Gasteiger partial charge in [-0.05, 0) is 56.5 Å². The number of nitrogens with one attached hydrogen (secondary N) is 1. The molecule has 4 heterocycles. The molecule has 1 aromatic carbocycles. The van der Waals surface area contributed by atoms with E-state index in [1.54, 1.807) is 13.1 Å². The highest BCUT2D eigenvalue weighted by atomic mass is 16.5. The van der Waals surface area contributed by atoms with Crippen LogP contribution in [-0.4, -0.2) is 88.0 Å². The van der Waals surface area contributed by atoms with Crippen molar-refractivity contribution in [2.24, 2.45) is 16.6 Å². The summed E-state index contributed by atoms with van der Waals surface area (Å²) in [7, 11) is 3.81. The zero-order valence-corrected chi connectivity index (χ0v) is 23.9. The summed E-state index contributed by atoms with van der Waals surface area (Å²) < 4.78 is 8.13. The second-order valence-corrected chi connectivity index (χ2v) is 10.8. The first-order chi connectivity index (χ1) is 19.3. The molecule has 2 bridgehead atoms. The van der Waals surface area contributed by atoms with Crippen LogP contribution in [0.4, 0.5) is 5.95 Å². The number of anilines is 1. The number of fused-ring (bicyclic) bond motifs is 5. The van der Waals surface area contributed by atoms with Crippen LogP contribution in [0.15, 0.2) is 35.5 Å². The number of piperazine rings is 1. The van der Waals surface area contributed by atoms with Crippen LogP contribution in [-0.2, 0) is 17.8 Å². The van der Waals surface area contributed by atoms with E-state index >= 15 is 0 Å². The highest BCUT2D eigenvalue weighted by Crippen LogP contribution is 2.26. The van der Waals surface area contributed by atoms with E-state index in [4.69, 9.17) is 15.5 Å². The molecule has 0 unspecified atom stereocenters. The molecule has 0 aliphatic carbocycles. The molecule has 0 radical (unpaired) electrons. The summed E-state index contributed by atoms with van der Waals surface area (Å²) >= 11 is 0. The van der Waals surface area contributed by atoms with E-state index in [2.05, 4.69) is 66.8 Å². The van der Waals surface area contributed by atoms with E-state index in [0.29, 0.717) is 48.0 Å². The monoisotopic (exact) mass is 545 g/mol. The Morgan fingerprint density at radius 3 is 2.73 bits per heavy atom. The third kappa shape index (κ3) is 6.15. The van der Waals surface area contributed by atoms with Gasteiger partial charge in [-0.1, -0.05) is 13.0 Å². The van der Waals surface area contributed by atoms with Crippen LogP contribution in [0, 0.1) is 12.8 Å². The van der Waals surface area contributed by atoms with Gasteiger partial charge < -0.3 is 19.9 Å². The standard InChI is InChI=1S/C29H39N9O2/c1-19-6-5-13-40-28(31-3)22(16-30)26-32-20(2)14-24(33-26)27(39)35-29-34-23-8-7-21(15-25(23)38(29)17-19)18-37-11-9-36(4)10-12-37/h7-8,14-16,19H,5-6,9-13,17-18,30H2,1-4H3,(H,34,35,39)/t19-/m1/s1.